The maximum atomic E-state index is 14.2. The third kappa shape index (κ3) is 1.49. The fourth-order valence-corrected chi connectivity index (χ4v) is 2.74. The van der Waals surface area contributed by atoms with Gasteiger partial charge in [0, 0.05) is 0 Å². The van der Waals surface area contributed by atoms with E-state index in [2.05, 4.69) is 0 Å². The van der Waals surface area contributed by atoms with E-state index in [4.69, 9.17) is 0 Å². The monoisotopic (exact) mass is 440 g/mol. The molecule has 0 aromatic carbocycles. The molecule has 2 saturated carbocycles. The number of Topliss-reactive ketones (excluding diaryl/α,β-unsaturated/α-hetero) is 1. The number of carbonyl (C=O) groups is 1. The lowest BCUT2D eigenvalue weighted by Crippen LogP contribution is -2.96. The molecule has 158 valence electrons. The van der Waals surface area contributed by atoms with Crippen molar-refractivity contribution < 1.29 is 75.0 Å². The van der Waals surface area contributed by atoms with Crippen LogP contribution in [-0.4, -0.2) is 58.6 Å². The van der Waals surface area contributed by atoms with Crippen molar-refractivity contribution in [3.05, 3.63) is 0 Å². The summed E-state index contributed by atoms with van der Waals surface area (Å²) in [5.74, 6) is -60.8. The van der Waals surface area contributed by atoms with Crippen LogP contribution < -0.4 is 0 Å². The first-order chi connectivity index (χ1) is 11.4. The van der Waals surface area contributed by atoms with Crippen molar-refractivity contribution >= 4 is 5.78 Å². The molecule has 2 aliphatic carbocycles. The number of halogens is 16. The Morgan fingerprint density at radius 2 is 0.704 bits per heavy atom. The van der Waals surface area contributed by atoms with Crippen LogP contribution >= 0.6 is 0 Å². The molecule has 0 bridgehead atoms. The van der Waals surface area contributed by atoms with Crippen LogP contribution in [0.4, 0.5) is 70.2 Å². The van der Waals surface area contributed by atoms with Crippen molar-refractivity contribution in [2.75, 3.05) is 0 Å². The molecule has 0 spiro atoms. The second kappa shape index (κ2) is 4.41. The molecular weight excluding hydrogens is 440 g/mol. The van der Waals surface area contributed by atoms with Crippen molar-refractivity contribution in [1.82, 2.24) is 0 Å². The average molecular weight is 440 g/mol. The van der Waals surface area contributed by atoms with Crippen molar-refractivity contribution in [3.8, 4) is 0 Å². The average Bonchev–Trinajstić information content (AvgIpc) is 2.48. The highest BCUT2D eigenvalue weighted by molar-refractivity contribution is 5.99. The molecule has 27 heavy (non-hydrogen) atoms. The molecule has 1 nitrogen and oxygen atoms in total. The van der Waals surface area contributed by atoms with Crippen LogP contribution in [0.5, 0.6) is 0 Å². The number of ketones is 1. The first-order valence-electron chi connectivity index (χ1n) is 5.98. The molecule has 2 fully saturated rings. The van der Waals surface area contributed by atoms with Gasteiger partial charge in [0.2, 0.25) is 0 Å². The first-order valence-corrected chi connectivity index (χ1v) is 5.98. The summed E-state index contributed by atoms with van der Waals surface area (Å²) in [7, 11) is 0. The van der Waals surface area contributed by atoms with Crippen LogP contribution in [0.2, 0.25) is 0 Å². The van der Waals surface area contributed by atoms with Gasteiger partial charge in [0.15, 0.2) is 0 Å². The molecule has 2 atom stereocenters. The number of rotatable bonds is 0. The molecular formula is C10F16O. The highest BCUT2D eigenvalue weighted by atomic mass is 19.4. The van der Waals surface area contributed by atoms with E-state index >= 15 is 0 Å². The van der Waals surface area contributed by atoms with Gasteiger partial charge in [0.25, 0.3) is 17.1 Å². The Hall–Kier alpha value is -1.45. The van der Waals surface area contributed by atoms with Crippen molar-refractivity contribution in [1.29, 1.82) is 0 Å². The smallest absolute Gasteiger partial charge is 0.289 e. The molecule has 0 N–H and O–H groups in total. The molecule has 17 heteroatoms. The molecule has 0 radical (unpaired) electrons. The van der Waals surface area contributed by atoms with Gasteiger partial charge >= 0.3 is 41.5 Å². The first kappa shape index (κ1) is 21.8. The number of fused-ring (bicyclic) bond motifs is 1. The Labute approximate surface area is 135 Å². The zero-order chi connectivity index (χ0) is 22.1. The molecule has 0 heterocycles. The maximum absolute atomic E-state index is 14.2. The third-order valence-corrected chi connectivity index (χ3v) is 4.34. The molecule has 0 amide bonds. The van der Waals surface area contributed by atoms with Crippen LogP contribution in [0, 0.1) is 0 Å². The Morgan fingerprint density at radius 1 is 0.407 bits per heavy atom. The fraction of sp³-hybridized carbons (Fsp3) is 0.900. The normalized spacial score (nSPS) is 42.3. The summed E-state index contributed by atoms with van der Waals surface area (Å²) in [4.78, 5) is 10.9. The van der Waals surface area contributed by atoms with Gasteiger partial charge < -0.3 is 0 Å². The van der Waals surface area contributed by atoms with E-state index in [0.717, 1.165) is 0 Å². The minimum Gasteiger partial charge on any atom is -0.289 e. The molecule has 0 aromatic heterocycles. The van der Waals surface area contributed by atoms with Crippen LogP contribution in [-0.2, 0) is 4.79 Å². The maximum Gasteiger partial charge on any atom is 0.383 e. The molecule has 0 saturated heterocycles. The van der Waals surface area contributed by atoms with Gasteiger partial charge in [0.05, 0.1) is 0 Å². The number of hydrogen-bond acceptors (Lipinski definition) is 1. The van der Waals surface area contributed by atoms with E-state index < -0.39 is 58.6 Å². The second-order valence-electron chi connectivity index (χ2n) is 5.67. The van der Waals surface area contributed by atoms with Crippen molar-refractivity contribution in [3.63, 3.8) is 0 Å². The number of hydrogen-bond donors (Lipinski definition) is 0. The summed E-state index contributed by atoms with van der Waals surface area (Å²) in [5, 5.41) is 0. The summed E-state index contributed by atoms with van der Waals surface area (Å²) in [6.45, 7) is 0. The summed E-state index contributed by atoms with van der Waals surface area (Å²) in [5.41, 5.74) is -16.1. The second-order valence-corrected chi connectivity index (χ2v) is 5.67. The quantitative estimate of drug-likeness (QED) is 0.510. The van der Waals surface area contributed by atoms with Gasteiger partial charge in [-0.05, 0) is 0 Å². The van der Waals surface area contributed by atoms with E-state index in [1.165, 1.54) is 0 Å². The minimum absolute atomic E-state index is 5.19. The van der Waals surface area contributed by atoms with Crippen molar-refractivity contribution in [2.24, 2.45) is 0 Å². The summed E-state index contributed by atoms with van der Waals surface area (Å²) < 4.78 is 214. The number of alkyl halides is 16. The standard InChI is InChI=1S/C10F16O/c11-2-1(27)3(12,13)6(17,18)7(19,20)4(2,14)8(21,22)10(25,26)9(23,24)5(2,15)16. The van der Waals surface area contributed by atoms with Gasteiger partial charge in [-0.1, -0.05) is 0 Å². The topological polar surface area (TPSA) is 17.1 Å². The van der Waals surface area contributed by atoms with E-state index in [1.54, 1.807) is 0 Å². The minimum atomic E-state index is -8.20. The summed E-state index contributed by atoms with van der Waals surface area (Å²) >= 11 is 0. The lowest BCUT2D eigenvalue weighted by Gasteiger charge is -2.60. The van der Waals surface area contributed by atoms with Crippen molar-refractivity contribution in [2.45, 2.75) is 52.8 Å². The Bertz CT molecular complexity index is 698. The summed E-state index contributed by atoms with van der Waals surface area (Å²) in [6, 6.07) is 0. The molecule has 0 aromatic rings. The molecule has 0 aliphatic heterocycles. The van der Waals surface area contributed by atoms with E-state index in [9.17, 15) is 75.0 Å². The predicted molar refractivity (Wildman–Crippen MR) is 47.3 cm³/mol. The Kier molecular flexibility index (Phi) is 3.57. The van der Waals surface area contributed by atoms with Crippen LogP contribution in [0.3, 0.4) is 0 Å². The fourth-order valence-electron chi connectivity index (χ4n) is 2.74. The van der Waals surface area contributed by atoms with E-state index in [0.29, 0.717) is 0 Å². The van der Waals surface area contributed by atoms with E-state index in [1.807, 2.05) is 0 Å². The molecule has 2 rings (SSSR count). The van der Waals surface area contributed by atoms with Crippen LogP contribution in [0.15, 0.2) is 0 Å². The van der Waals surface area contributed by atoms with Gasteiger partial charge in [-0.2, -0.15) is 61.5 Å². The van der Waals surface area contributed by atoms with Gasteiger partial charge in [-0.3, -0.25) is 4.79 Å². The predicted octanol–water partition coefficient (Wildman–Crippen LogP) is 4.45. The Morgan fingerprint density at radius 3 is 1.07 bits per heavy atom. The largest absolute Gasteiger partial charge is 0.383 e. The molecule has 2 aliphatic rings. The lowest BCUT2D eigenvalue weighted by atomic mass is 9.55. The Balaban J connectivity index is 3.17. The SMILES string of the molecule is O=C1C(F)(F)C(F)(F)C(F)(F)C2(F)C(F)(F)C(F)(F)C(F)(F)C(F)(F)C12F. The van der Waals surface area contributed by atoms with E-state index in [-0.39, 0.29) is 0 Å². The van der Waals surface area contributed by atoms with Gasteiger partial charge in [-0.15, -0.1) is 0 Å². The number of carbonyl (C=O) groups excluding carboxylic acids is 1. The summed E-state index contributed by atoms with van der Waals surface area (Å²) in [6.07, 6.45) is 0. The highest BCUT2D eigenvalue weighted by Crippen LogP contribution is 2.77. The molecule has 2 unspecified atom stereocenters. The zero-order valence-corrected chi connectivity index (χ0v) is 11.5. The van der Waals surface area contributed by atoms with Crippen LogP contribution in [0.25, 0.3) is 0 Å². The third-order valence-electron chi connectivity index (χ3n) is 4.34. The highest BCUT2D eigenvalue weighted by Gasteiger charge is 3.11. The van der Waals surface area contributed by atoms with Gasteiger partial charge in [-0.25, -0.2) is 8.78 Å². The lowest BCUT2D eigenvalue weighted by molar-refractivity contribution is -0.504. The van der Waals surface area contributed by atoms with Gasteiger partial charge in [0.1, 0.15) is 0 Å². The zero-order valence-electron chi connectivity index (χ0n) is 11.5. The van der Waals surface area contributed by atoms with Crippen LogP contribution in [0.1, 0.15) is 0 Å².